The molecule has 1 N–H and O–H groups in total. The second kappa shape index (κ2) is 11.9. The number of nitrogens with zero attached hydrogens (tertiary/aromatic N) is 4. The molecule has 6 rings (SSSR count). The van der Waals surface area contributed by atoms with Gasteiger partial charge in [0, 0.05) is 35.1 Å². The van der Waals surface area contributed by atoms with E-state index in [0.29, 0.717) is 28.3 Å². The minimum absolute atomic E-state index is 0.190. The van der Waals surface area contributed by atoms with Crippen molar-refractivity contribution in [2.24, 2.45) is 0 Å². The second-order valence-corrected chi connectivity index (χ2v) is 11.1. The smallest absolute Gasteiger partial charge is 0.407 e. The van der Waals surface area contributed by atoms with Crippen LogP contribution in [-0.4, -0.2) is 27.6 Å². The Morgan fingerprint density at radius 3 is 2.39 bits per heavy atom. The molecule has 0 aliphatic carbocycles. The molecule has 0 saturated carbocycles. The highest BCUT2D eigenvalue weighted by Gasteiger charge is 2.30. The molecule has 0 aliphatic heterocycles. The van der Waals surface area contributed by atoms with Crippen LogP contribution >= 0.6 is 0 Å². The summed E-state index contributed by atoms with van der Waals surface area (Å²) < 4.78 is 11.8. The first-order valence-electron chi connectivity index (χ1n) is 14.2. The van der Waals surface area contributed by atoms with Gasteiger partial charge in [0.15, 0.2) is 11.4 Å². The first kappa shape index (κ1) is 28.4. The lowest BCUT2D eigenvalue weighted by Crippen LogP contribution is -2.45. The quantitative estimate of drug-likeness (QED) is 0.191. The number of hydrogen-bond donors (Lipinski definition) is 1. The summed E-state index contributed by atoms with van der Waals surface area (Å²) in [4.78, 5) is 35.6. The largest absolute Gasteiger partial charge is 0.454 e. The van der Waals surface area contributed by atoms with Gasteiger partial charge in [0.1, 0.15) is 23.2 Å². The highest BCUT2D eigenvalue weighted by Crippen LogP contribution is 2.39. The van der Waals surface area contributed by atoms with E-state index >= 15 is 0 Å². The first-order valence-corrected chi connectivity index (χ1v) is 14.2. The van der Waals surface area contributed by atoms with Crippen molar-refractivity contribution in [2.75, 3.05) is 10.0 Å². The Bertz CT molecular complexity index is 1930. The number of ether oxygens (including phenoxy) is 1. The molecule has 4 aromatic carbocycles. The Morgan fingerprint density at radius 1 is 0.864 bits per heavy atom. The summed E-state index contributed by atoms with van der Waals surface area (Å²) >= 11 is 0. The molecule has 0 unspecified atom stereocenters. The fourth-order valence-corrected chi connectivity index (χ4v) is 4.96. The van der Waals surface area contributed by atoms with E-state index < -0.39 is 11.7 Å². The van der Waals surface area contributed by atoms with Crippen LogP contribution < -0.4 is 15.3 Å². The van der Waals surface area contributed by atoms with Crippen molar-refractivity contribution < 1.29 is 18.7 Å². The molecular weight excluding hydrogens is 554 g/mol. The number of alkyl carbamates (subject to hydrolysis) is 1. The number of aromatic nitrogens is 2. The van der Waals surface area contributed by atoms with Crippen LogP contribution in [0.3, 0.4) is 0 Å². The molecule has 2 aromatic heterocycles. The lowest BCUT2D eigenvalue weighted by molar-refractivity contribution is 0.0523. The van der Waals surface area contributed by atoms with E-state index in [1.54, 1.807) is 61.3 Å². The number of para-hydroxylation sites is 3. The maximum atomic E-state index is 14.6. The zero-order valence-corrected chi connectivity index (χ0v) is 24.6. The van der Waals surface area contributed by atoms with Gasteiger partial charge in [0.2, 0.25) is 0 Å². The van der Waals surface area contributed by atoms with Gasteiger partial charge in [-0.1, -0.05) is 60.7 Å². The van der Waals surface area contributed by atoms with Crippen LogP contribution in [0.1, 0.15) is 36.7 Å². The molecule has 220 valence electrons. The highest BCUT2D eigenvalue weighted by atomic mass is 16.6. The molecule has 0 fully saturated rings. The molecule has 0 atom stereocenters. The third kappa shape index (κ3) is 5.94. The van der Waals surface area contributed by atoms with Gasteiger partial charge < -0.3 is 14.5 Å². The van der Waals surface area contributed by atoms with Crippen molar-refractivity contribution >= 4 is 51.1 Å². The van der Waals surface area contributed by atoms with Crippen molar-refractivity contribution in [2.45, 2.75) is 32.9 Å². The molecule has 9 heteroatoms. The lowest BCUT2D eigenvalue weighted by atomic mass is 10.1. The third-order valence-electron chi connectivity index (χ3n) is 6.80. The summed E-state index contributed by atoms with van der Waals surface area (Å²) in [7, 11) is 0. The molecular formula is C35H31N5O4. The minimum Gasteiger partial charge on any atom is -0.454 e. The molecule has 2 heterocycles. The Kier molecular flexibility index (Phi) is 7.68. The maximum absolute atomic E-state index is 14.6. The first-order chi connectivity index (χ1) is 21.3. The van der Waals surface area contributed by atoms with E-state index in [1.165, 1.54) is 6.33 Å². The fourth-order valence-electron chi connectivity index (χ4n) is 4.96. The summed E-state index contributed by atoms with van der Waals surface area (Å²) in [6, 6.07) is 31.9. The molecule has 0 radical (unpaired) electrons. The molecule has 0 spiro atoms. The number of fused-ring (bicyclic) bond motifs is 3. The van der Waals surface area contributed by atoms with Crippen LogP contribution in [0.2, 0.25) is 0 Å². The molecule has 9 nitrogen and oxygen atoms in total. The van der Waals surface area contributed by atoms with E-state index in [2.05, 4.69) is 15.3 Å². The van der Waals surface area contributed by atoms with Gasteiger partial charge in [-0.15, -0.1) is 0 Å². The van der Waals surface area contributed by atoms with Crippen molar-refractivity contribution in [1.29, 1.82) is 0 Å². The molecule has 44 heavy (non-hydrogen) atoms. The molecule has 0 aliphatic rings. The number of hydrogen-bond acceptors (Lipinski definition) is 7. The van der Waals surface area contributed by atoms with E-state index in [4.69, 9.17) is 9.15 Å². The van der Waals surface area contributed by atoms with E-state index in [1.807, 2.05) is 78.9 Å². The lowest BCUT2D eigenvalue weighted by Gasteiger charge is -2.35. The molecule has 0 saturated heterocycles. The Labute approximate surface area is 254 Å². The van der Waals surface area contributed by atoms with Crippen LogP contribution in [0, 0.1) is 0 Å². The Balaban J connectivity index is 1.46. The topological polar surface area (TPSA) is 101 Å². The standard InChI is InChI=1S/C35H31N5O4/c1-35(2,3)44-34(42)37-22-24-11-9-12-25(21-24)33(41)39(26-13-5-4-6-14-26)40(31-19-20-36-23-38-31)29-17-10-16-28-27-15-7-8-18-30(27)43-32(28)29/h4-21,23H,22H2,1-3H3,(H,37,42). The predicted molar refractivity (Wildman–Crippen MR) is 171 cm³/mol. The summed E-state index contributed by atoms with van der Waals surface area (Å²) in [5, 5.41) is 7.96. The average molecular weight is 586 g/mol. The summed E-state index contributed by atoms with van der Waals surface area (Å²) in [5.41, 5.74) is 3.11. The number of carbonyl (C=O) groups excluding carboxylic acids is 2. The average Bonchev–Trinajstić information content (AvgIpc) is 3.42. The number of nitrogens with one attached hydrogen (secondary N) is 1. The molecule has 2 amide bonds. The van der Waals surface area contributed by atoms with Gasteiger partial charge in [-0.05, 0) is 62.7 Å². The van der Waals surface area contributed by atoms with Crippen molar-refractivity contribution in [3.05, 3.63) is 127 Å². The minimum atomic E-state index is -0.620. The molecule has 6 aromatic rings. The second-order valence-electron chi connectivity index (χ2n) is 11.1. The number of carbonyl (C=O) groups is 2. The van der Waals surface area contributed by atoms with Crippen molar-refractivity contribution in [1.82, 2.24) is 15.3 Å². The number of anilines is 3. The SMILES string of the molecule is CC(C)(C)OC(=O)NCc1cccc(C(=O)N(c2ccccc2)N(c2ccncn2)c2cccc3c2oc2ccccc23)c1. The van der Waals surface area contributed by atoms with Gasteiger partial charge in [-0.3, -0.25) is 4.79 Å². The number of benzene rings is 4. The monoisotopic (exact) mass is 585 g/mol. The van der Waals surface area contributed by atoms with E-state index in [-0.39, 0.29) is 12.5 Å². The predicted octanol–water partition coefficient (Wildman–Crippen LogP) is 7.80. The summed E-state index contributed by atoms with van der Waals surface area (Å²) in [6.45, 7) is 5.60. The van der Waals surface area contributed by atoms with Gasteiger partial charge in [0.25, 0.3) is 5.91 Å². The van der Waals surface area contributed by atoms with Gasteiger partial charge >= 0.3 is 6.09 Å². The van der Waals surface area contributed by atoms with Gasteiger partial charge in [0.05, 0.1) is 5.69 Å². The zero-order chi connectivity index (χ0) is 30.7. The Hall–Kier alpha value is -5.70. The summed E-state index contributed by atoms with van der Waals surface area (Å²) in [5.74, 6) is 0.148. The van der Waals surface area contributed by atoms with Gasteiger partial charge in [-0.2, -0.15) is 0 Å². The van der Waals surface area contributed by atoms with Crippen molar-refractivity contribution in [3.8, 4) is 0 Å². The fraction of sp³-hybridized carbons (Fsp3) is 0.143. The highest BCUT2D eigenvalue weighted by molar-refractivity contribution is 6.13. The number of furan rings is 1. The number of amides is 2. The van der Waals surface area contributed by atoms with Crippen molar-refractivity contribution in [3.63, 3.8) is 0 Å². The summed E-state index contributed by atoms with van der Waals surface area (Å²) in [6.07, 6.45) is 2.54. The normalized spacial score (nSPS) is 11.3. The van der Waals surface area contributed by atoms with Crippen LogP contribution in [0.25, 0.3) is 21.9 Å². The van der Waals surface area contributed by atoms with Gasteiger partial charge in [-0.25, -0.2) is 24.8 Å². The zero-order valence-electron chi connectivity index (χ0n) is 24.6. The number of hydrazine groups is 1. The van der Waals surface area contributed by atoms with E-state index in [0.717, 1.165) is 21.9 Å². The van der Waals surface area contributed by atoms with Crippen LogP contribution in [0.5, 0.6) is 0 Å². The Morgan fingerprint density at radius 2 is 1.61 bits per heavy atom. The molecule has 0 bridgehead atoms. The van der Waals surface area contributed by atoms with Crippen LogP contribution in [0.4, 0.5) is 22.0 Å². The maximum Gasteiger partial charge on any atom is 0.407 e. The number of rotatable bonds is 7. The van der Waals surface area contributed by atoms with Crippen LogP contribution in [-0.2, 0) is 11.3 Å². The van der Waals surface area contributed by atoms with Crippen LogP contribution in [0.15, 0.2) is 120 Å². The van der Waals surface area contributed by atoms with E-state index in [9.17, 15) is 9.59 Å². The third-order valence-corrected chi connectivity index (χ3v) is 6.80.